The molecule has 144 valence electrons. The number of nitrogens with one attached hydrogen (secondary N) is 2. The van der Waals surface area contributed by atoms with Crippen LogP contribution in [-0.2, 0) is 10.6 Å². The number of aliphatic hydroxyl groups is 2. The van der Waals surface area contributed by atoms with Crippen LogP contribution in [0.3, 0.4) is 0 Å². The van der Waals surface area contributed by atoms with Gasteiger partial charge in [-0.25, -0.2) is 0 Å². The van der Waals surface area contributed by atoms with E-state index in [2.05, 4.69) is 22.1 Å². The topological polar surface area (TPSA) is 94.6 Å². The average Bonchev–Trinajstić information content (AvgIpc) is 3.31. The van der Waals surface area contributed by atoms with Crippen LogP contribution >= 0.6 is 0 Å². The molecule has 0 bridgehead atoms. The first-order chi connectivity index (χ1) is 14.0. The Morgan fingerprint density at radius 1 is 1.07 bits per heavy atom. The third kappa shape index (κ3) is 3.52. The zero-order chi connectivity index (χ0) is 20.4. The van der Waals surface area contributed by atoms with Crippen molar-refractivity contribution in [1.82, 2.24) is 4.98 Å². The largest absolute Gasteiger partial charge is 0.495 e. The van der Waals surface area contributed by atoms with Crippen molar-refractivity contribution in [2.75, 3.05) is 12.4 Å². The van der Waals surface area contributed by atoms with Gasteiger partial charge < -0.3 is 25.3 Å². The molecule has 1 amide bonds. The summed E-state index contributed by atoms with van der Waals surface area (Å²) >= 11 is 0. The van der Waals surface area contributed by atoms with Crippen LogP contribution in [0.1, 0.15) is 22.4 Å². The molecule has 4 N–H and O–H groups in total. The van der Waals surface area contributed by atoms with Gasteiger partial charge in [-0.05, 0) is 30.2 Å². The van der Waals surface area contributed by atoms with Gasteiger partial charge in [-0.1, -0.05) is 42.3 Å². The number of aromatic nitrogens is 1. The Morgan fingerprint density at radius 3 is 2.62 bits per heavy atom. The minimum Gasteiger partial charge on any atom is -0.495 e. The molecule has 0 spiro atoms. The summed E-state index contributed by atoms with van der Waals surface area (Å²) in [5, 5.41) is 23.5. The van der Waals surface area contributed by atoms with E-state index in [9.17, 15) is 15.0 Å². The van der Waals surface area contributed by atoms with Gasteiger partial charge in [0.05, 0.1) is 24.1 Å². The highest BCUT2D eigenvalue weighted by atomic mass is 16.5. The molecule has 29 heavy (non-hydrogen) atoms. The Balaban J connectivity index is 1.79. The van der Waals surface area contributed by atoms with Crippen molar-refractivity contribution in [3.8, 4) is 17.6 Å². The highest BCUT2D eigenvalue weighted by molar-refractivity contribution is 6.35. The van der Waals surface area contributed by atoms with Gasteiger partial charge in [-0.2, -0.15) is 0 Å². The maximum Gasteiger partial charge on any atom is 0.256 e. The lowest BCUT2D eigenvalue weighted by Gasteiger charge is -2.14. The molecule has 0 atom stereocenters. The fourth-order valence-electron chi connectivity index (χ4n) is 3.19. The number of H-pyrrole nitrogens is 1. The lowest BCUT2D eigenvalue weighted by molar-refractivity contribution is -0.116. The first-order valence-electron chi connectivity index (χ1n) is 8.91. The maximum absolute atomic E-state index is 12.6. The molecule has 0 fully saturated rings. The minimum atomic E-state index is -2.31. The molecule has 3 aromatic rings. The van der Waals surface area contributed by atoms with Crippen LogP contribution in [0.15, 0.2) is 60.8 Å². The molecule has 0 aliphatic carbocycles. The van der Waals surface area contributed by atoms with Gasteiger partial charge in [-0.15, -0.1) is 0 Å². The molecule has 0 saturated heterocycles. The molecule has 2 aromatic carbocycles. The van der Waals surface area contributed by atoms with Gasteiger partial charge in [0.15, 0.2) is 0 Å². The lowest BCUT2D eigenvalue weighted by Crippen LogP contribution is -2.22. The molecule has 6 nitrogen and oxygen atoms in total. The molecule has 1 aliphatic heterocycles. The van der Waals surface area contributed by atoms with Crippen molar-refractivity contribution >= 4 is 23.2 Å². The monoisotopic (exact) mass is 386 g/mol. The SMILES string of the molecule is COc1cc[nH]c1/C=C1\C(=O)Nc2cccc(C#CC(O)(O)c3ccccc3)c21. The zero-order valence-corrected chi connectivity index (χ0v) is 15.6. The van der Waals surface area contributed by atoms with Crippen molar-refractivity contribution in [3.63, 3.8) is 0 Å². The number of amides is 1. The Hall–Kier alpha value is -3.79. The summed E-state index contributed by atoms with van der Waals surface area (Å²) in [7, 11) is 1.55. The highest BCUT2D eigenvalue weighted by Crippen LogP contribution is 2.36. The van der Waals surface area contributed by atoms with E-state index in [4.69, 9.17) is 4.74 Å². The first-order valence-corrected chi connectivity index (χ1v) is 8.91. The molecular formula is C23H18N2O4. The number of fused-ring (bicyclic) bond motifs is 1. The highest BCUT2D eigenvalue weighted by Gasteiger charge is 2.28. The minimum absolute atomic E-state index is 0.265. The fourth-order valence-corrected chi connectivity index (χ4v) is 3.19. The second-order valence-electron chi connectivity index (χ2n) is 6.49. The maximum atomic E-state index is 12.6. The smallest absolute Gasteiger partial charge is 0.256 e. The van der Waals surface area contributed by atoms with Crippen molar-refractivity contribution in [2.45, 2.75) is 5.79 Å². The first kappa shape index (κ1) is 18.6. The van der Waals surface area contributed by atoms with Crippen LogP contribution in [0.2, 0.25) is 0 Å². The van der Waals surface area contributed by atoms with E-state index in [0.29, 0.717) is 33.8 Å². The van der Waals surface area contributed by atoms with Gasteiger partial charge in [0.25, 0.3) is 11.7 Å². The van der Waals surface area contributed by atoms with Crippen LogP contribution in [0, 0.1) is 11.8 Å². The number of carbonyl (C=O) groups excluding carboxylic acids is 1. The van der Waals surface area contributed by atoms with Crippen molar-refractivity contribution < 1.29 is 19.7 Å². The Kier molecular flexibility index (Phi) is 4.69. The van der Waals surface area contributed by atoms with E-state index in [0.717, 1.165) is 0 Å². The van der Waals surface area contributed by atoms with Gasteiger partial charge in [0.1, 0.15) is 5.75 Å². The standard InChI is InChI=1S/C23H18N2O4/c1-29-20-11-13-24-19(20)14-17-21-15(6-5-9-18(21)25-22(17)26)10-12-23(27,28)16-7-3-2-4-8-16/h2-9,11,13-14,24,27-28H,1H3,(H,25,26)/b17-14-. The second kappa shape index (κ2) is 7.32. The van der Waals surface area contributed by atoms with Crippen molar-refractivity contribution in [1.29, 1.82) is 0 Å². The molecular weight excluding hydrogens is 368 g/mol. The summed E-state index contributed by atoms with van der Waals surface area (Å²) in [6.07, 6.45) is 3.41. The predicted molar refractivity (Wildman–Crippen MR) is 110 cm³/mol. The quantitative estimate of drug-likeness (QED) is 0.316. The van der Waals surface area contributed by atoms with Crippen LogP contribution in [-0.4, -0.2) is 28.2 Å². The Labute approximate surface area is 167 Å². The number of rotatable bonds is 3. The van der Waals surface area contributed by atoms with Crippen molar-refractivity contribution in [3.05, 3.63) is 83.2 Å². The molecule has 0 unspecified atom stereocenters. The average molecular weight is 386 g/mol. The molecule has 0 radical (unpaired) electrons. The van der Waals surface area contributed by atoms with E-state index in [1.54, 1.807) is 74.0 Å². The van der Waals surface area contributed by atoms with Gasteiger partial charge in [0.2, 0.25) is 0 Å². The summed E-state index contributed by atoms with van der Waals surface area (Å²) < 4.78 is 5.29. The number of aromatic amines is 1. The Bertz CT molecular complexity index is 1160. The van der Waals surface area contributed by atoms with Gasteiger partial charge >= 0.3 is 0 Å². The fraction of sp³-hybridized carbons (Fsp3) is 0.0870. The van der Waals surface area contributed by atoms with E-state index < -0.39 is 5.79 Å². The number of methoxy groups -OCH3 is 1. The van der Waals surface area contributed by atoms with Crippen molar-refractivity contribution in [2.24, 2.45) is 0 Å². The second-order valence-corrected chi connectivity index (χ2v) is 6.49. The van der Waals surface area contributed by atoms with Gasteiger partial charge in [0, 0.05) is 22.9 Å². The number of benzene rings is 2. The predicted octanol–water partition coefficient (Wildman–Crippen LogP) is 2.71. The van der Waals surface area contributed by atoms with Crippen LogP contribution < -0.4 is 10.1 Å². The Morgan fingerprint density at radius 2 is 1.86 bits per heavy atom. The third-order valence-corrected chi connectivity index (χ3v) is 4.62. The van der Waals surface area contributed by atoms with E-state index >= 15 is 0 Å². The number of ether oxygens (including phenoxy) is 1. The normalized spacial score (nSPS) is 14.2. The van der Waals surface area contributed by atoms with E-state index in [1.807, 2.05) is 0 Å². The molecule has 1 aliphatic rings. The van der Waals surface area contributed by atoms with E-state index in [1.165, 1.54) is 0 Å². The molecule has 1 aromatic heterocycles. The number of hydrogen-bond acceptors (Lipinski definition) is 4. The summed E-state index contributed by atoms with van der Waals surface area (Å²) in [5.41, 5.74) is 3.04. The number of anilines is 1. The number of hydrogen-bond donors (Lipinski definition) is 4. The molecule has 0 saturated carbocycles. The van der Waals surface area contributed by atoms with Gasteiger partial charge in [-0.3, -0.25) is 4.79 Å². The lowest BCUT2D eigenvalue weighted by atomic mass is 9.98. The molecule has 2 heterocycles. The van der Waals surface area contributed by atoms with Crippen LogP contribution in [0.4, 0.5) is 5.69 Å². The summed E-state index contributed by atoms with van der Waals surface area (Å²) in [4.78, 5) is 15.6. The van der Waals surface area contributed by atoms with E-state index in [-0.39, 0.29) is 11.5 Å². The van der Waals surface area contributed by atoms with Crippen LogP contribution in [0.5, 0.6) is 5.75 Å². The van der Waals surface area contributed by atoms with Crippen LogP contribution in [0.25, 0.3) is 11.6 Å². The molecule has 6 heteroatoms. The zero-order valence-electron chi connectivity index (χ0n) is 15.6. The summed E-state index contributed by atoms with van der Waals surface area (Å²) in [6.45, 7) is 0. The third-order valence-electron chi connectivity index (χ3n) is 4.62. The number of carbonyl (C=O) groups is 1. The summed E-state index contributed by atoms with van der Waals surface area (Å²) in [5.74, 6) is 3.34. The molecule has 4 rings (SSSR count). The summed E-state index contributed by atoms with van der Waals surface area (Å²) in [6, 6.07) is 15.4.